The van der Waals surface area contributed by atoms with Gasteiger partial charge in [-0.05, 0) is 37.3 Å². The average molecular weight is 461 g/mol. The third-order valence-electron chi connectivity index (χ3n) is 5.25. The van der Waals surface area contributed by atoms with Gasteiger partial charge < -0.3 is 14.4 Å². The Balaban J connectivity index is 1.62. The van der Waals surface area contributed by atoms with Crippen molar-refractivity contribution in [1.82, 2.24) is 0 Å². The number of amidine groups is 1. The monoisotopic (exact) mass is 460 g/mol. The number of nitrogens with zero attached hydrogens (tertiary/aromatic N) is 2. The molecule has 0 spiro atoms. The van der Waals surface area contributed by atoms with E-state index in [1.165, 1.54) is 11.8 Å². The van der Waals surface area contributed by atoms with Gasteiger partial charge in [0.1, 0.15) is 11.5 Å². The summed E-state index contributed by atoms with van der Waals surface area (Å²) in [5, 5.41) is 0.392. The molecule has 0 aromatic heterocycles. The standard InChI is InChI=1S/C22H24N2O5S2/c1-3-29-17-10-8-16(9-11-17)24-18-13-31(26,27)14-20(18)30-22(24)23-21(25)12-15-6-4-5-7-19(15)28-2/h4-11,18,20H,3,12-14H2,1-2H3/t18-,20-/m0/s1. The fraction of sp³-hybridized carbons (Fsp3) is 0.364. The van der Waals surface area contributed by atoms with Crippen LogP contribution < -0.4 is 14.4 Å². The highest BCUT2D eigenvalue weighted by molar-refractivity contribution is 8.16. The molecule has 0 aliphatic carbocycles. The van der Waals surface area contributed by atoms with Crippen LogP contribution in [0.15, 0.2) is 53.5 Å². The van der Waals surface area contributed by atoms with Gasteiger partial charge in [0.25, 0.3) is 5.91 Å². The largest absolute Gasteiger partial charge is 0.496 e. The van der Waals surface area contributed by atoms with E-state index in [9.17, 15) is 13.2 Å². The molecule has 1 amide bonds. The number of para-hydroxylation sites is 1. The number of carbonyl (C=O) groups excluding carboxylic acids is 1. The number of ether oxygens (including phenoxy) is 2. The number of anilines is 1. The average Bonchev–Trinajstić information content (AvgIpc) is 3.20. The van der Waals surface area contributed by atoms with Gasteiger partial charge in [-0.1, -0.05) is 30.0 Å². The van der Waals surface area contributed by atoms with Crippen LogP contribution in [0, 0.1) is 0 Å². The summed E-state index contributed by atoms with van der Waals surface area (Å²) in [6.07, 6.45) is 0.110. The van der Waals surface area contributed by atoms with Gasteiger partial charge >= 0.3 is 0 Å². The second kappa shape index (κ2) is 8.92. The topological polar surface area (TPSA) is 85.3 Å². The van der Waals surface area contributed by atoms with E-state index in [-0.39, 0.29) is 35.1 Å². The molecule has 0 bridgehead atoms. The second-order valence-corrected chi connectivity index (χ2v) is 10.7. The quantitative estimate of drug-likeness (QED) is 0.655. The summed E-state index contributed by atoms with van der Waals surface area (Å²) in [5.74, 6) is 1.22. The number of amides is 1. The van der Waals surface area contributed by atoms with Crippen LogP contribution in [0.1, 0.15) is 12.5 Å². The molecule has 2 aliphatic rings. The zero-order valence-corrected chi connectivity index (χ0v) is 19.0. The Morgan fingerprint density at radius 3 is 2.61 bits per heavy atom. The molecule has 2 aromatic rings. The minimum Gasteiger partial charge on any atom is -0.496 e. The number of carbonyl (C=O) groups is 1. The highest BCUT2D eigenvalue weighted by atomic mass is 32.2. The second-order valence-electron chi connectivity index (χ2n) is 7.37. The van der Waals surface area contributed by atoms with E-state index in [2.05, 4.69) is 4.99 Å². The molecule has 2 atom stereocenters. The first-order valence-corrected chi connectivity index (χ1v) is 12.7. The summed E-state index contributed by atoms with van der Waals surface area (Å²) in [5.41, 5.74) is 1.56. The van der Waals surface area contributed by atoms with E-state index < -0.39 is 9.84 Å². The van der Waals surface area contributed by atoms with Crippen molar-refractivity contribution in [3.8, 4) is 11.5 Å². The fourth-order valence-corrected chi connectivity index (χ4v) is 7.83. The molecular formula is C22H24N2O5S2. The predicted molar refractivity (Wildman–Crippen MR) is 123 cm³/mol. The minimum atomic E-state index is -3.12. The third-order valence-corrected chi connectivity index (χ3v) is 8.46. The van der Waals surface area contributed by atoms with Crippen LogP contribution in [0.5, 0.6) is 11.5 Å². The highest BCUT2D eigenvalue weighted by Gasteiger charge is 2.49. The maximum atomic E-state index is 12.8. The Morgan fingerprint density at radius 1 is 1.16 bits per heavy atom. The van der Waals surface area contributed by atoms with Gasteiger partial charge in [-0.25, -0.2) is 8.42 Å². The van der Waals surface area contributed by atoms with Crippen LogP contribution >= 0.6 is 11.8 Å². The van der Waals surface area contributed by atoms with Crippen LogP contribution in [0.25, 0.3) is 0 Å². The number of aliphatic imine (C=N–C) groups is 1. The number of hydrogen-bond acceptors (Lipinski definition) is 6. The lowest BCUT2D eigenvalue weighted by molar-refractivity contribution is -0.117. The number of methoxy groups -OCH3 is 1. The molecule has 7 nitrogen and oxygen atoms in total. The maximum Gasteiger partial charge on any atom is 0.252 e. The first-order valence-electron chi connectivity index (χ1n) is 10.0. The Labute approximate surface area is 186 Å². The smallest absolute Gasteiger partial charge is 0.252 e. The molecule has 4 rings (SSSR count). The predicted octanol–water partition coefficient (Wildman–Crippen LogP) is 2.94. The highest BCUT2D eigenvalue weighted by Crippen LogP contribution is 2.41. The van der Waals surface area contributed by atoms with E-state index in [1.807, 2.05) is 60.4 Å². The third kappa shape index (κ3) is 4.72. The van der Waals surface area contributed by atoms with Gasteiger partial charge in [0.15, 0.2) is 15.0 Å². The van der Waals surface area contributed by atoms with E-state index >= 15 is 0 Å². The van der Waals surface area contributed by atoms with Gasteiger partial charge in [0.05, 0.1) is 37.7 Å². The van der Waals surface area contributed by atoms with Crippen LogP contribution in [0.4, 0.5) is 5.69 Å². The number of benzene rings is 2. The van der Waals surface area contributed by atoms with Crippen LogP contribution in [-0.2, 0) is 21.1 Å². The molecule has 2 heterocycles. The van der Waals surface area contributed by atoms with Crippen molar-refractivity contribution in [2.45, 2.75) is 24.6 Å². The van der Waals surface area contributed by atoms with Crippen LogP contribution in [-0.4, -0.2) is 56.0 Å². The molecule has 31 heavy (non-hydrogen) atoms. The Kier molecular flexibility index (Phi) is 6.24. The van der Waals surface area contributed by atoms with Crippen molar-refractivity contribution in [1.29, 1.82) is 0 Å². The van der Waals surface area contributed by atoms with Crippen LogP contribution in [0.2, 0.25) is 0 Å². The number of sulfone groups is 1. The summed E-state index contributed by atoms with van der Waals surface area (Å²) < 4.78 is 35.3. The number of hydrogen-bond donors (Lipinski definition) is 0. The van der Waals surface area contributed by atoms with Crippen molar-refractivity contribution >= 4 is 38.4 Å². The van der Waals surface area contributed by atoms with Crippen molar-refractivity contribution in [2.24, 2.45) is 4.99 Å². The Morgan fingerprint density at radius 2 is 1.90 bits per heavy atom. The van der Waals surface area contributed by atoms with E-state index in [1.54, 1.807) is 7.11 Å². The minimum absolute atomic E-state index is 0.0532. The molecule has 0 saturated carbocycles. The molecule has 9 heteroatoms. The fourth-order valence-electron chi connectivity index (χ4n) is 3.89. The molecule has 0 unspecified atom stereocenters. The summed E-state index contributed by atoms with van der Waals surface area (Å²) in [6.45, 7) is 2.48. The summed E-state index contributed by atoms with van der Waals surface area (Å²) >= 11 is 1.36. The first kappa shape index (κ1) is 21.7. The summed E-state index contributed by atoms with van der Waals surface area (Å²) in [7, 11) is -1.55. The Hall–Kier alpha value is -2.52. The molecule has 2 saturated heterocycles. The van der Waals surface area contributed by atoms with Gasteiger partial charge in [-0.3, -0.25) is 4.79 Å². The lowest BCUT2D eigenvalue weighted by Gasteiger charge is -2.24. The van der Waals surface area contributed by atoms with Crippen molar-refractivity contribution in [2.75, 3.05) is 30.1 Å². The molecule has 2 aromatic carbocycles. The molecule has 164 valence electrons. The Bertz CT molecular complexity index is 1100. The molecular weight excluding hydrogens is 436 g/mol. The van der Waals surface area contributed by atoms with Gasteiger partial charge in [-0.2, -0.15) is 4.99 Å². The van der Waals surface area contributed by atoms with Crippen LogP contribution in [0.3, 0.4) is 0 Å². The van der Waals surface area contributed by atoms with Crippen molar-refractivity contribution < 1.29 is 22.7 Å². The number of fused-ring (bicyclic) bond motifs is 1. The van der Waals surface area contributed by atoms with Gasteiger partial charge in [-0.15, -0.1) is 0 Å². The molecule has 0 radical (unpaired) electrons. The summed E-state index contributed by atoms with van der Waals surface area (Å²) in [6, 6.07) is 14.5. The van der Waals surface area contributed by atoms with E-state index in [4.69, 9.17) is 9.47 Å². The van der Waals surface area contributed by atoms with E-state index in [0.29, 0.717) is 17.5 Å². The number of rotatable bonds is 6. The van der Waals surface area contributed by atoms with E-state index in [0.717, 1.165) is 17.0 Å². The molecule has 2 fully saturated rings. The zero-order valence-electron chi connectivity index (χ0n) is 17.4. The maximum absolute atomic E-state index is 12.8. The van der Waals surface area contributed by atoms with Crippen molar-refractivity contribution in [3.63, 3.8) is 0 Å². The van der Waals surface area contributed by atoms with Crippen molar-refractivity contribution in [3.05, 3.63) is 54.1 Å². The normalized spacial score (nSPS) is 23.0. The molecule has 2 aliphatic heterocycles. The SMILES string of the molecule is CCOc1ccc(N2C(=NC(=O)Cc3ccccc3OC)S[C@H]3CS(=O)(=O)C[C@@H]32)cc1. The van der Waals surface area contributed by atoms with Gasteiger partial charge in [0, 0.05) is 16.5 Å². The first-order chi connectivity index (χ1) is 14.9. The zero-order chi connectivity index (χ0) is 22.0. The number of thioether (sulfide) groups is 1. The lowest BCUT2D eigenvalue weighted by Crippen LogP contribution is -2.37. The lowest BCUT2D eigenvalue weighted by atomic mass is 10.1. The molecule has 0 N–H and O–H groups in total. The summed E-state index contributed by atoms with van der Waals surface area (Å²) in [4.78, 5) is 19.0. The van der Waals surface area contributed by atoms with Gasteiger partial charge in [0.2, 0.25) is 0 Å².